The van der Waals surface area contributed by atoms with E-state index in [1.54, 1.807) is 29.8 Å². The van der Waals surface area contributed by atoms with Crippen LogP contribution in [-0.2, 0) is 6.54 Å². The first-order chi connectivity index (χ1) is 9.97. The molecule has 0 bridgehead atoms. The molecule has 2 rings (SSSR count). The zero-order chi connectivity index (χ0) is 15.6. The number of amides is 1. The molecule has 21 heavy (non-hydrogen) atoms. The molecule has 0 unspecified atom stereocenters. The predicted molar refractivity (Wildman–Crippen MR) is 80.9 cm³/mol. The summed E-state index contributed by atoms with van der Waals surface area (Å²) in [5, 5.41) is 16.0. The van der Waals surface area contributed by atoms with Crippen molar-refractivity contribution in [3.8, 4) is 6.07 Å². The Morgan fingerprint density at radius 2 is 2.19 bits per heavy atom. The van der Waals surface area contributed by atoms with Gasteiger partial charge in [-0.1, -0.05) is 6.07 Å². The third kappa shape index (κ3) is 2.72. The van der Waals surface area contributed by atoms with E-state index in [1.165, 1.54) is 0 Å². The molecule has 2 aromatic rings. The average molecular weight is 283 g/mol. The number of benzene rings is 1. The fraction of sp³-hybridized carbons (Fsp3) is 0.267. The largest absolute Gasteiger partial charge is 0.395 e. The number of aryl methyl sites for hydroxylation is 3. The number of nitrogens with zero attached hydrogens (tertiary/aromatic N) is 3. The maximum atomic E-state index is 12.4. The monoisotopic (exact) mass is 283 g/mol. The smallest absolute Gasteiger partial charge is 0.276 e. The summed E-state index contributed by atoms with van der Waals surface area (Å²) in [6, 6.07) is 7.19. The number of rotatable bonds is 3. The van der Waals surface area contributed by atoms with Crippen LogP contribution in [0.15, 0.2) is 18.2 Å². The number of aromatic nitrogens is 2. The van der Waals surface area contributed by atoms with Crippen molar-refractivity contribution >= 4 is 17.3 Å². The lowest BCUT2D eigenvalue weighted by molar-refractivity contribution is 0.101. The Labute approximate surface area is 123 Å². The second-order valence-corrected chi connectivity index (χ2v) is 4.76. The Kier molecular flexibility index (Phi) is 3.94. The molecule has 0 saturated carbocycles. The second kappa shape index (κ2) is 5.67. The summed E-state index contributed by atoms with van der Waals surface area (Å²) >= 11 is 0. The van der Waals surface area contributed by atoms with Crippen LogP contribution in [0.1, 0.15) is 34.2 Å². The first-order valence-electron chi connectivity index (χ1n) is 6.62. The van der Waals surface area contributed by atoms with E-state index >= 15 is 0 Å². The maximum Gasteiger partial charge on any atom is 0.276 e. The summed E-state index contributed by atoms with van der Waals surface area (Å²) in [6.45, 7) is 6.07. The summed E-state index contributed by atoms with van der Waals surface area (Å²) < 4.78 is 1.57. The molecule has 6 nitrogen and oxygen atoms in total. The molecule has 0 spiro atoms. The van der Waals surface area contributed by atoms with Crippen LogP contribution < -0.4 is 11.1 Å². The van der Waals surface area contributed by atoms with E-state index in [2.05, 4.69) is 16.5 Å². The zero-order valence-corrected chi connectivity index (χ0v) is 12.3. The van der Waals surface area contributed by atoms with Gasteiger partial charge in [0.25, 0.3) is 5.91 Å². The van der Waals surface area contributed by atoms with Crippen molar-refractivity contribution < 1.29 is 4.79 Å². The van der Waals surface area contributed by atoms with Crippen LogP contribution in [-0.4, -0.2) is 15.7 Å². The Morgan fingerprint density at radius 3 is 2.81 bits per heavy atom. The first-order valence-corrected chi connectivity index (χ1v) is 6.62. The summed E-state index contributed by atoms with van der Waals surface area (Å²) in [7, 11) is 0. The number of nitrogens with one attached hydrogen (secondary N) is 1. The number of anilines is 2. The van der Waals surface area contributed by atoms with Gasteiger partial charge in [-0.2, -0.15) is 10.4 Å². The molecular weight excluding hydrogens is 266 g/mol. The van der Waals surface area contributed by atoms with E-state index in [0.717, 1.165) is 5.56 Å². The molecule has 0 atom stereocenters. The van der Waals surface area contributed by atoms with E-state index in [1.807, 2.05) is 13.8 Å². The highest BCUT2D eigenvalue weighted by Gasteiger charge is 2.19. The quantitative estimate of drug-likeness (QED) is 0.902. The molecule has 0 aliphatic rings. The van der Waals surface area contributed by atoms with Gasteiger partial charge in [0.1, 0.15) is 5.69 Å². The SMILES string of the molecule is CCn1nc(C)c(N)c1C(=O)Nc1cc(C#N)ccc1C. The van der Waals surface area contributed by atoms with Crippen molar-refractivity contribution in [1.29, 1.82) is 5.26 Å². The number of nitrogen functional groups attached to an aromatic ring is 1. The van der Waals surface area contributed by atoms with Gasteiger partial charge in [0.05, 0.1) is 23.0 Å². The molecule has 1 aromatic carbocycles. The molecule has 6 heteroatoms. The molecule has 3 N–H and O–H groups in total. The molecule has 108 valence electrons. The molecule has 1 aromatic heterocycles. The number of nitrogens with two attached hydrogens (primary N) is 1. The predicted octanol–water partition coefficient (Wildman–Crippen LogP) is 2.23. The standard InChI is InChI=1S/C15H17N5O/c1-4-20-14(13(17)10(3)19-20)15(21)18-12-7-11(8-16)6-5-9(12)2/h5-7H,4,17H2,1-3H3,(H,18,21). The van der Waals surface area contributed by atoms with Crippen LogP contribution in [0.25, 0.3) is 0 Å². The second-order valence-electron chi connectivity index (χ2n) is 4.76. The molecule has 1 heterocycles. The lowest BCUT2D eigenvalue weighted by Crippen LogP contribution is -2.19. The van der Waals surface area contributed by atoms with Gasteiger partial charge >= 0.3 is 0 Å². The minimum atomic E-state index is -0.326. The first kappa shape index (κ1) is 14.6. The molecule has 1 amide bonds. The molecule has 0 radical (unpaired) electrons. The van der Waals surface area contributed by atoms with Crippen molar-refractivity contribution in [3.05, 3.63) is 40.7 Å². The highest BCUT2D eigenvalue weighted by molar-refractivity contribution is 6.07. The lowest BCUT2D eigenvalue weighted by atomic mass is 10.1. The average Bonchev–Trinajstić information content (AvgIpc) is 2.76. The highest BCUT2D eigenvalue weighted by Crippen LogP contribution is 2.21. The van der Waals surface area contributed by atoms with E-state index in [-0.39, 0.29) is 5.91 Å². The fourth-order valence-electron chi connectivity index (χ4n) is 2.07. The van der Waals surface area contributed by atoms with Crippen LogP contribution in [0.5, 0.6) is 0 Å². The van der Waals surface area contributed by atoms with E-state index in [4.69, 9.17) is 11.0 Å². The summed E-state index contributed by atoms with van der Waals surface area (Å²) in [5.41, 5.74) is 9.24. The topological polar surface area (TPSA) is 96.7 Å². The van der Waals surface area contributed by atoms with Gasteiger partial charge in [-0.25, -0.2) is 0 Å². The third-order valence-electron chi connectivity index (χ3n) is 3.30. The van der Waals surface area contributed by atoms with Crippen LogP contribution >= 0.6 is 0 Å². The van der Waals surface area contributed by atoms with Crippen LogP contribution in [0, 0.1) is 25.2 Å². The Morgan fingerprint density at radius 1 is 1.48 bits per heavy atom. The number of carbonyl (C=O) groups is 1. The summed E-state index contributed by atoms with van der Waals surface area (Å²) in [6.07, 6.45) is 0. The van der Waals surface area contributed by atoms with E-state index < -0.39 is 0 Å². The number of carbonyl (C=O) groups excluding carboxylic acids is 1. The van der Waals surface area contributed by atoms with Crippen LogP contribution in [0.3, 0.4) is 0 Å². The molecular formula is C15H17N5O. The van der Waals surface area contributed by atoms with E-state index in [9.17, 15) is 4.79 Å². The number of nitriles is 1. The van der Waals surface area contributed by atoms with Crippen LogP contribution in [0.2, 0.25) is 0 Å². The van der Waals surface area contributed by atoms with Gasteiger partial charge in [-0.15, -0.1) is 0 Å². The van der Waals surface area contributed by atoms with Gasteiger partial charge in [0.15, 0.2) is 0 Å². The minimum absolute atomic E-state index is 0.326. The Bertz CT molecular complexity index is 739. The molecule has 0 aliphatic heterocycles. The number of hydrogen-bond acceptors (Lipinski definition) is 4. The number of hydrogen-bond donors (Lipinski definition) is 2. The lowest BCUT2D eigenvalue weighted by Gasteiger charge is -2.10. The van der Waals surface area contributed by atoms with Crippen molar-refractivity contribution in [2.45, 2.75) is 27.3 Å². The normalized spacial score (nSPS) is 10.2. The van der Waals surface area contributed by atoms with Crippen molar-refractivity contribution in [1.82, 2.24) is 9.78 Å². The highest BCUT2D eigenvalue weighted by atomic mass is 16.2. The van der Waals surface area contributed by atoms with Gasteiger partial charge in [-0.05, 0) is 38.5 Å². The Balaban J connectivity index is 2.37. The third-order valence-corrected chi connectivity index (χ3v) is 3.30. The summed E-state index contributed by atoms with van der Waals surface area (Å²) in [4.78, 5) is 12.4. The van der Waals surface area contributed by atoms with Gasteiger partial charge in [-0.3, -0.25) is 9.48 Å². The molecule has 0 saturated heterocycles. The van der Waals surface area contributed by atoms with Gasteiger partial charge in [0.2, 0.25) is 0 Å². The van der Waals surface area contributed by atoms with Gasteiger partial charge in [0, 0.05) is 12.2 Å². The fourth-order valence-corrected chi connectivity index (χ4v) is 2.07. The maximum absolute atomic E-state index is 12.4. The zero-order valence-electron chi connectivity index (χ0n) is 12.3. The molecule has 0 fully saturated rings. The summed E-state index contributed by atoms with van der Waals surface area (Å²) in [5.74, 6) is -0.326. The van der Waals surface area contributed by atoms with Crippen molar-refractivity contribution in [3.63, 3.8) is 0 Å². The van der Waals surface area contributed by atoms with Crippen LogP contribution in [0.4, 0.5) is 11.4 Å². The van der Waals surface area contributed by atoms with Crippen molar-refractivity contribution in [2.75, 3.05) is 11.1 Å². The minimum Gasteiger partial charge on any atom is -0.395 e. The van der Waals surface area contributed by atoms with Gasteiger partial charge < -0.3 is 11.1 Å². The Hall–Kier alpha value is -2.81. The molecule has 0 aliphatic carbocycles. The van der Waals surface area contributed by atoms with Crippen molar-refractivity contribution in [2.24, 2.45) is 0 Å². The van der Waals surface area contributed by atoms with E-state index in [0.29, 0.717) is 34.9 Å².